The number of esters is 1. The van der Waals surface area contributed by atoms with Gasteiger partial charge in [-0.2, -0.15) is 0 Å². The van der Waals surface area contributed by atoms with Gasteiger partial charge in [-0.25, -0.2) is 0 Å². The Kier molecular flexibility index (Phi) is 3.25. The van der Waals surface area contributed by atoms with Gasteiger partial charge in [0.2, 0.25) is 5.78 Å². The number of carbonyl (C=O) groups is 2. The van der Waals surface area contributed by atoms with Crippen molar-refractivity contribution in [3.8, 4) is 0 Å². The quantitative estimate of drug-likeness (QED) is 0.522. The second-order valence-electron chi connectivity index (χ2n) is 2.49. The lowest BCUT2D eigenvalue weighted by atomic mass is 10.2. The van der Waals surface area contributed by atoms with Crippen molar-refractivity contribution in [2.24, 2.45) is 0 Å². The molecule has 0 saturated carbocycles. The third-order valence-electron chi connectivity index (χ3n) is 1.43. The molecule has 0 aliphatic rings. The summed E-state index contributed by atoms with van der Waals surface area (Å²) in [5.41, 5.74) is 0. The van der Waals surface area contributed by atoms with Gasteiger partial charge >= 0.3 is 5.97 Å². The summed E-state index contributed by atoms with van der Waals surface area (Å²) < 4.78 is 9.47. The van der Waals surface area contributed by atoms with E-state index in [0.29, 0.717) is 5.76 Å². The lowest BCUT2D eigenvalue weighted by Gasteiger charge is -1.98. The molecule has 4 nitrogen and oxygen atoms in total. The van der Waals surface area contributed by atoms with Gasteiger partial charge in [0.25, 0.3) is 0 Å². The van der Waals surface area contributed by atoms with Crippen molar-refractivity contribution >= 4 is 11.8 Å². The highest BCUT2D eigenvalue weighted by Crippen LogP contribution is 2.03. The molecule has 0 amide bonds. The highest BCUT2D eigenvalue weighted by molar-refractivity contribution is 5.93. The second kappa shape index (κ2) is 4.45. The first kappa shape index (κ1) is 9.51. The molecule has 4 heteroatoms. The first-order valence-corrected chi connectivity index (χ1v) is 3.90. The van der Waals surface area contributed by atoms with Crippen molar-refractivity contribution in [2.45, 2.75) is 13.3 Å². The number of rotatable bonds is 4. The van der Waals surface area contributed by atoms with E-state index in [1.165, 1.54) is 13.2 Å². The highest BCUT2D eigenvalue weighted by atomic mass is 16.5. The van der Waals surface area contributed by atoms with Gasteiger partial charge in [0.15, 0.2) is 5.76 Å². The van der Waals surface area contributed by atoms with Crippen molar-refractivity contribution in [3.05, 3.63) is 24.2 Å². The molecule has 0 spiro atoms. The molecule has 1 rings (SSSR count). The molecule has 0 radical (unpaired) electrons. The number of ether oxygens (including phenoxy) is 1. The van der Waals surface area contributed by atoms with Crippen molar-refractivity contribution in [1.82, 2.24) is 0 Å². The minimum absolute atomic E-state index is 0.106. The molecule has 13 heavy (non-hydrogen) atoms. The molecule has 70 valence electrons. The molecule has 0 unspecified atom stereocenters. The number of carbonyl (C=O) groups excluding carboxylic acids is 2. The Morgan fingerprint density at radius 2 is 2.31 bits per heavy atom. The van der Waals surface area contributed by atoms with E-state index >= 15 is 0 Å². The molecule has 0 atom stereocenters. The Bertz CT molecular complexity index is 287. The van der Waals surface area contributed by atoms with Gasteiger partial charge in [-0.1, -0.05) is 0 Å². The maximum atomic E-state index is 11.2. The number of furan rings is 1. The van der Waals surface area contributed by atoms with Crippen LogP contribution in [0.2, 0.25) is 0 Å². The molecular formula is C9H10O4. The van der Waals surface area contributed by atoms with Gasteiger partial charge in [0.1, 0.15) is 0 Å². The summed E-state index contributed by atoms with van der Waals surface area (Å²) >= 11 is 0. The van der Waals surface area contributed by atoms with E-state index in [9.17, 15) is 9.59 Å². The fourth-order valence-corrected chi connectivity index (χ4v) is 0.848. The van der Waals surface area contributed by atoms with E-state index in [-0.39, 0.29) is 24.8 Å². The third-order valence-corrected chi connectivity index (χ3v) is 1.43. The van der Waals surface area contributed by atoms with Crippen LogP contribution in [0.4, 0.5) is 0 Å². The minimum Gasteiger partial charge on any atom is -0.465 e. The Morgan fingerprint density at radius 1 is 1.54 bits per heavy atom. The largest absolute Gasteiger partial charge is 0.465 e. The Labute approximate surface area is 75.5 Å². The van der Waals surface area contributed by atoms with E-state index in [1.807, 2.05) is 0 Å². The van der Waals surface area contributed by atoms with Crippen LogP contribution in [0.5, 0.6) is 0 Å². The molecule has 1 heterocycles. The molecule has 0 saturated heterocycles. The minimum atomic E-state index is -0.382. The van der Waals surface area contributed by atoms with Crippen LogP contribution in [0, 0.1) is 0 Å². The summed E-state index contributed by atoms with van der Waals surface area (Å²) in [6.07, 6.45) is 1.59. The van der Waals surface area contributed by atoms with E-state index in [1.54, 1.807) is 12.1 Å². The molecule has 0 aliphatic carbocycles. The SMILES string of the molecule is CC(=O)OCCC(=O)c1ccco1. The van der Waals surface area contributed by atoms with E-state index < -0.39 is 0 Å². The number of ketones is 1. The van der Waals surface area contributed by atoms with Gasteiger partial charge in [-0.3, -0.25) is 9.59 Å². The van der Waals surface area contributed by atoms with Crippen molar-refractivity contribution in [2.75, 3.05) is 6.61 Å². The van der Waals surface area contributed by atoms with Crippen LogP contribution in [0.15, 0.2) is 22.8 Å². The van der Waals surface area contributed by atoms with Crippen molar-refractivity contribution < 1.29 is 18.7 Å². The Hall–Kier alpha value is -1.58. The Morgan fingerprint density at radius 3 is 2.85 bits per heavy atom. The van der Waals surface area contributed by atoms with Crippen molar-refractivity contribution in [1.29, 1.82) is 0 Å². The lowest BCUT2D eigenvalue weighted by Crippen LogP contribution is -2.06. The normalized spacial score (nSPS) is 9.62. The topological polar surface area (TPSA) is 56.5 Å². The molecule has 0 fully saturated rings. The van der Waals surface area contributed by atoms with E-state index in [0.717, 1.165) is 0 Å². The van der Waals surface area contributed by atoms with Crippen LogP contribution >= 0.6 is 0 Å². The average molecular weight is 182 g/mol. The fraction of sp³-hybridized carbons (Fsp3) is 0.333. The predicted octanol–water partition coefficient (Wildman–Crippen LogP) is 1.42. The van der Waals surface area contributed by atoms with Crippen LogP contribution in [0.25, 0.3) is 0 Å². The zero-order valence-electron chi connectivity index (χ0n) is 7.28. The van der Waals surface area contributed by atoms with E-state index in [4.69, 9.17) is 4.42 Å². The highest BCUT2D eigenvalue weighted by Gasteiger charge is 2.08. The smallest absolute Gasteiger partial charge is 0.302 e. The summed E-state index contributed by atoms with van der Waals surface area (Å²) in [6.45, 7) is 1.41. The van der Waals surface area contributed by atoms with Gasteiger partial charge < -0.3 is 9.15 Å². The number of hydrogen-bond donors (Lipinski definition) is 0. The zero-order valence-corrected chi connectivity index (χ0v) is 7.28. The van der Waals surface area contributed by atoms with Gasteiger partial charge in [-0.15, -0.1) is 0 Å². The molecule has 0 bridgehead atoms. The van der Waals surface area contributed by atoms with Crippen LogP contribution in [-0.2, 0) is 9.53 Å². The monoisotopic (exact) mass is 182 g/mol. The molecule has 0 N–H and O–H groups in total. The van der Waals surface area contributed by atoms with Crippen molar-refractivity contribution in [3.63, 3.8) is 0 Å². The predicted molar refractivity (Wildman–Crippen MR) is 44.3 cm³/mol. The van der Waals surface area contributed by atoms with Gasteiger partial charge in [-0.05, 0) is 12.1 Å². The maximum absolute atomic E-state index is 11.2. The van der Waals surface area contributed by atoms with Crippen LogP contribution in [0.1, 0.15) is 23.9 Å². The van der Waals surface area contributed by atoms with Crippen LogP contribution in [-0.4, -0.2) is 18.4 Å². The van der Waals surface area contributed by atoms with Gasteiger partial charge in [0.05, 0.1) is 12.9 Å². The first-order valence-electron chi connectivity index (χ1n) is 3.90. The summed E-state index contributed by atoms with van der Waals surface area (Å²) in [4.78, 5) is 21.6. The molecular weight excluding hydrogens is 172 g/mol. The zero-order chi connectivity index (χ0) is 9.68. The molecule has 0 aromatic carbocycles. The first-order chi connectivity index (χ1) is 6.20. The summed E-state index contributed by atoms with van der Waals surface area (Å²) in [7, 11) is 0. The number of hydrogen-bond acceptors (Lipinski definition) is 4. The van der Waals surface area contributed by atoms with Crippen LogP contribution < -0.4 is 0 Å². The number of Topliss-reactive ketones (excluding diaryl/α,β-unsaturated/α-hetero) is 1. The second-order valence-corrected chi connectivity index (χ2v) is 2.49. The molecule has 1 aromatic heterocycles. The third kappa shape index (κ3) is 3.11. The van der Waals surface area contributed by atoms with E-state index in [2.05, 4.69) is 4.74 Å². The summed E-state index contributed by atoms with van der Waals surface area (Å²) in [6, 6.07) is 3.22. The maximum Gasteiger partial charge on any atom is 0.302 e. The standard InChI is InChI=1S/C9H10O4/c1-7(10)12-6-4-8(11)9-3-2-5-13-9/h2-3,5H,4,6H2,1H3. The summed E-state index contributed by atoms with van der Waals surface area (Å²) in [5, 5.41) is 0. The molecule has 0 aliphatic heterocycles. The Balaban J connectivity index is 2.31. The average Bonchev–Trinajstić information content (AvgIpc) is 2.55. The molecule has 1 aromatic rings. The fourth-order valence-electron chi connectivity index (χ4n) is 0.848. The van der Waals surface area contributed by atoms with Crippen LogP contribution in [0.3, 0.4) is 0 Å². The van der Waals surface area contributed by atoms with Gasteiger partial charge in [0, 0.05) is 13.3 Å². The lowest BCUT2D eigenvalue weighted by molar-refractivity contribution is -0.140. The summed E-state index contributed by atoms with van der Waals surface area (Å²) in [5.74, 6) is -0.245.